The summed E-state index contributed by atoms with van der Waals surface area (Å²) in [5, 5.41) is 9.45. The van der Waals surface area contributed by atoms with E-state index < -0.39 is 11.4 Å². The number of Topliss-reactive ketones (excluding diaryl/α,β-unsaturated/α-hetero) is 1. The number of carboxylic acids is 1. The number of carbonyl (C=O) groups excluding carboxylic acids is 2. The smallest absolute Gasteiger partial charge is 0.311 e. The molecule has 0 aliphatic carbocycles. The van der Waals surface area contributed by atoms with Gasteiger partial charge in [0.1, 0.15) is 5.69 Å². The van der Waals surface area contributed by atoms with E-state index in [0.29, 0.717) is 37.1 Å². The lowest BCUT2D eigenvalue weighted by Crippen LogP contribution is -2.49. The van der Waals surface area contributed by atoms with Gasteiger partial charge in [0.05, 0.1) is 5.41 Å². The van der Waals surface area contributed by atoms with Crippen molar-refractivity contribution in [2.45, 2.75) is 33.1 Å². The first-order valence-corrected chi connectivity index (χ1v) is 7.11. The van der Waals surface area contributed by atoms with Crippen LogP contribution in [0.4, 0.5) is 0 Å². The van der Waals surface area contributed by atoms with E-state index in [-0.39, 0.29) is 18.2 Å². The van der Waals surface area contributed by atoms with Crippen molar-refractivity contribution < 1.29 is 19.5 Å². The Hall–Kier alpha value is -2.11. The number of ketones is 1. The van der Waals surface area contributed by atoms with E-state index >= 15 is 0 Å². The van der Waals surface area contributed by atoms with Crippen LogP contribution in [0.15, 0.2) is 12.3 Å². The summed E-state index contributed by atoms with van der Waals surface area (Å²) in [6.45, 7) is 4.03. The zero-order chi connectivity index (χ0) is 15.6. The monoisotopic (exact) mass is 292 g/mol. The van der Waals surface area contributed by atoms with Gasteiger partial charge in [0.25, 0.3) is 5.91 Å². The molecule has 1 atom stereocenters. The molecular weight excluding hydrogens is 272 g/mol. The minimum atomic E-state index is -0.857. The zero-order valence-electron chi connectivity index (χ0n) is 12.3. The SMILES string of the molecule is CCC1(C(=O)O)CCCN(C(=O)c2cc(C(C)=O)c[nH]2)C1. The highest BCUT2D eigenvalue weighted by atomic mass is 16.4. The number of aliphatic carboxylic acids is 1. The Morgan fingerprint density at radius 1 is 1.43 bits per heavy atom. The molecule has 0 saturated carbocycles. The second kappa shape index (κ2) is 5.71. The topological polar surface area (TPSA) is 90.5 Å². The summed E-state index contributed by atoms with van der Waals surface area (Å²) >= 11 is 0. The molecule has 1 aliphatic rings. The lowest BCUT2D eigenvalue weighted by molar-refractivity contribution is -0.152. The van der Waals surface area contributed by atoms with E-state index in [2.05, 4.69) is 4.98 Å². The van der Waals surface area contributed by atoms with Gasteiger partial charge in [-0.2, -0.15) is 0 Å². The Bertz CT molecular complexity index is 578. The molecule has 2 N–H and O–H groups in total. The van der Waals surface area contributed by atoms with Crippen LogP contribution in [0.5, 0.6) is 0 Å². The van der Waals surface area contributed by atoms with Crippen molar-refractivity contribution in [2.75, 3.05) is 13.1 Å². The summed E-state index contributed by atoms with van der Waals surface area (Å²) < 4.78 is 0. The minimum Gasteiger partial charge on any atom is -0.481 e. The predicted molar refractivity (Wildman–Crippen MR) is 76.3 cm³/mol. The van der Waals surface area contributed by atoms with Crippen LogP contribution in [0.25, 0.3) is 0 Å². The van der Waals surface area contributed by atoms with E-state index in [1.807, 2.05) is 6.92 Å². The van der Waals surface area contributed by atoms with Gasteiger partial charge in [-0.15, -0.1) is 0 Å². The second-order valence-corrected chi connectivity index (χ2v) is 5.63. The van der Waals surface area contributed by atoms with Crippen molar-refractivity contribution in [3.05, 3.63) is 23.5 Å². The molecule has 2 heterocycles. The van der Waals surface area contributed by atoms with Crippen molar-refractivity contribution in [1.29, 1.82) is 0 Å². The number of amides is 1. The molecule has 1 saturated heterocycles. The molecule has 21 heavy (non-hydrogen) atoms. The van der Waals surface area contributed by atoms with E-state index in [4.69, 9.17) is 0 Å². The molecule has 1 fully saturated rings. The van der Waals surface area contributed by atoms with E-state index in [1.54, 1.807) is 4.90 Å². The third kappa shape index (κ3) is 2.84. The summed E-state index contributed by atoms with van der Waals surface area (Å²) in [6.07, 6.45) is 3.26. The average Bonchev–Trinajstić information content (AvgIpc) is 2.96. The first-order valence-electron chi connectivity index (χ1n) is 7.11. The number of aromatic nitrogens is 1. The summed E-state index contributed by atoms with van der Waals surface area (Å²) in [6, 6.07) is 1.52. The van der Waals surface area contributed by atoms with Crippen LogP contribution in [0, 0.1) is 5.41 Å². The average molecular weight is 292 g/mol. The third-order valence-corrected chi connectivity index (χ3v) is 4.31. The molecule has 1 aromatic heterocycles. The fourth-order valence-electron chi connectivity index (χ4n) is 2.81. The molecule has 114 valence electrons. The van der Waals surface area contributed by atoms with Crippen molar-refractivity contribution in [3.8, 4) is 0 Å². The number of nitrogens with zero attached hydrogens (tertiary/aromatic N) is 1. The normalized spacial score (nSPS) is 22.1. The van der Waals surface area contributed by atoms with Gasteiger partial charge in [-0.05, 0) is 32.3 Å². The Morgan fingerprint density at radius 2 is 2.14 bits per heavy atom. The Balaban J connectivity index is 2.18. The number of H-pyrrole nitrogens is 1. The van der Waals surface area contributed by atoms with Gasteiger partial charge in [-0.3, -0.25) is 14.4 Å². The van der Waals surface area contributed by atoms with E-state index in [1.165, 1.54) is 19.2 Å². The third-order valence-electron chi connectivity index (χ3n) is 4.31. The molecule has 1 aliphatic heterocycles. The lowest BCUT2D eigenvalue weighted by Gasteiger charge is -2.39. The van der Waals surface area contributed by atoms with Gasteiger partial charge >= 0.3 is 5.97 Å². The number of carboxylic acid groups (broad SMARTS) is 1. The zero-order valence-corrected chi connectivity index (χ0v) is 12.3. The summed E-state index contributed by atoms with van der Waals surface area (Å²) in [7, 11) is 0. The van der Waals surface area contributed by atoms with E-state index in [0.717, 1.165) is 0 Å². The molecule has 2 rings (SSSR count). The maximum atomic E-state index is 12.5. The molecule has 0 spiro atoms. The van der Waals surface area contributed by atoms with Gasteiger partial charge in [0.15, 0.2) is 5.78 Å². The molecule has 1 aromatic rings. The number of carbonyl (C=O) groups is 3. The number of nitrogens with one attached hydrogen (secondary N) is 1. The van der Waals surface area contributed by atoms with Crippen molar-refractivity contribution >= 4 is 17.7 Å². The fraction of sp³-hybridized carbons (Fsp3) is 0.533. The number of aromatic amines is 1. The summed E-state index contributed by atoms with van der Waals surface area (Å²) in [5.41, 5.74) is -0.0722. The maximum absolute atomic E-state index is 12.5. The first-order chi connectivity index (χ1) is 9.89. The molecule has 0 radical (unpaired) electrons. The molecular formula is C15H20N2O4. The standard InChI is InChI=1S/C15H20N2O4/c1-3-15(14(20)21)5-4-6-17(9-15)13(19)12-7-11(8-16-12)10(2)18/h7-8,16H,3-6,9H2,1-2H3,(H,20,21). The summed E-state index contributed by atoms with van der Waals surface area (Å²) in [4.78, 5) is 39.6. The second-order valence-electron chi connectivity index (χ2n) is 5.63. The van der Waals surface area contributed by atoms with Crippen LogP contribution < -0.4 is 0 Å². The lowest BCUT2D eigenvalue weighted by atomic mass is 9.77. The largest absolute Gasteiger partial charge is 0.481 e. The van der Waals surface area contributed by atoms with E-state index in [9.17, 15) is 19.5 Å². The molecule has 1 unspecified atom stereocenters. The molecule has 1 amide bonds. The number of hydrogen-bond donors (Lipinski definition) is 2. The van der Waals surface area contributed by atoms with Gasteiger partial charge in [0.2, 0.25) is 0 Å². The highest BCUT2D eigenvalue weighted by molar-refractivity contribution is 5.99. The van der Waals surface area contributed by atoms with Crippen molar-refractivity contribution in [2.24, 2.45) is 5.41 Å². The molecule has 0 aromatic carbocycles. The Kier molecular flexibility index (Phi) is 4.16. The molecule has 6 heteroatoms. The van der Waals surface area contributed by atoms with Crippen LogP contribution >= 0.6 is 0 Å². The fourth-order valence-corrected chi connectivity index (χ4v) is 2.81. The van der Waals surface area contributed by atoms with Gasteiger partial charge in [0, 0.05) is 24.8 Å². The van der Waals surface area contributed by atoms with Gasteiger partial charge in [-0.25, -0.2) is 0 Å². The number of piperidine rings is 1. The maximum Gasteiger partial charge on any atom is 0.311 e. The highest BCUT2D eigenvalue weighted by Gasteiger charge is 2.42. The van der Waals surface area contributed by atoms with Crippen LogP contribution in [-0.2, 0) is 4.79 Å². The quantitative estimate of drug-likeness (QED) is 0.830. The van der Waals surface area contributed by atoms with Crippen LogP contribution in [-0.4, -0.2) is 45.7 Å². The van der Waals surface area contributed by atoms with Gasteiger partial charge < -0.3 is 15.0 Å². The molecule has 6 nitrogen and oxygen atoms in total. The number of hydrogen-bond acceptors (Lipinski definition) is 3. The number of likely N-dealkylation sites (tertiary alicyclic amines) is 1. The highest BCUT2D eigenvalue weighted by Crippen LogP contribution is 2.34. The van der Waals surface area contributed by atoms with Crippen molar-refractivity contribution in [3.63, 3.8) is 0 Å². The first kappa shape index (κ1) is 15.3. The summed E-state index contributed by atoms with van der Waals surface area (Å²) in [5.74, 6) is -1.21. The minimum absolute atomic E-state index is 0.114. The molecule has 0 bridgehead atoms. The predicted octanol–water partition coefficient (Wildman–Crippen LogP) is 1.93. The Labute approximate surface area is 123 Å². The van der Waals surface area contributed by atoms with Crippen molar-refractivity contribution in [1.82, 2.24) is 9.88 Å². The number of rotatable bonds is 4. The van der Waals surface area contributed by atoms with Gasteiger partial charge in [-0.1, -0.05) is 6.92 Å². The van der Waals surface area contributed by atoms with Crippen LogP contribution in [0.3, 0.4) is 0 Å². The Morgan fingerprint density at radius 3 is 2.67 bits per heavy atom. The van der Waals surface area contributed by atoms with Crippen LogP contribution in [0.2, 0.25) is 0 Å². The van der Waals surface area contributed by atoms with Crippen LogP contribution in [0.1, 0.15) is 54.0 Å².